The molecule has 3 aromatic rings. The topological polar surface area (TPSA) is 70.7 Å². The van der Waals surface area contributed by atoms with E-state index in [1.165, 1.54) is 6.33 Å². The van der Waals surface area contributed by atoms with E-state index < -0.39 is 0 Å². The number of alkyl halides is 2. The van der Waals surface area contributed by atoms with Crippen molar-refractivity contribution in [2.75, 3.05) is 35.2 Å². The van der Waals surface area contributed by atoms with Crippen LogP contribution in [0.4, 0.5) is 11.5 Å². The van der Waals surface area contributed by atoms with Crippen molar-refractivity contribution < 1.29 is 0 Å². The molecule has 0 saturated heterocycles. The predicted molar refractivity (Wildman–Crippen MR) is 102 cm³/mol. The molecule has 25 heavy (non-hydrogen) atoms. The summed E-state index contributed by atoms with van der Waals surface area (Å²) in [6, 6.07) is 11.7. The average molecular weight is 378 g/mol. The van der Waals surface area contributed by atoms with Crippen molar-refractivity contribution in [1.82, 2.24) is 19.8 Å². The molecular weight excluding hydrogens is 361 g/mol. The number of nitrogens with one attached hydrogen (secondary N) is 1. The van der Waals surface area contributed by atoms with Crippen LogP contribution < -0.4 is 10.3 Å². The number of aromatic nitrogens is 4. The smallest absolute Gasteiger partial charge is 0.177 e. The van der Waals surface area contributed by atoms with Gasteiger partial charge in [0.1, 0.15) is 6.33 Å². The largest absolute Gasteiger partial charge is 0.369 e. The van der Waals surface area contributed by atoms with E-state index in [2.05, 4.69) is 30.7 Å². The van der Waals surface area contributed by atoms with E-state index in [0.29, 0.717) is 23.2 Å². The second-order valence-electron chi connectivity index (χ2n) is 5.18. The van der Waals surface area contributed by atoms with Gasteiger partial charge in [-0.25, -0.2) is 0 Å². The number of halogens is 2. The highest BCUT2D eigenvalue weighted by atomic mass is 35.5. The van der Waals surface area contributed by atoms with Crippen LogP contribution in [0.25, 0.3) is 5.65 Å². The van der Waals surface area contributed by atoms with E-state index in [0.717, 1.165) is 24.3 Å². The molecule has 2 heterocycles. The highest BCUT2D eigenvalue weighted by Crippen LogP contribution is 2.15. The lowest BCUT2D eigenvalue weighted by Crippen LogP contribution is -2.27. The van der Waals surface area contributed by atoms with Crippen molar-refractivity contribution in [3.05, 3.63) is 48.3 Å². The van der Waals surface area contributed by atoms with E-state index in [1.807, 2.05) is 30.3 Å². The summed E-state index contributed by atoms with van der Waals surface area (Å²) < 4.78 is 1.58. The lowest BCUT2D eigenvalue weighted by atomic mass is 10.2. The van der Waals surface area contributed by atoms with Crippen molar-refractivity contribution >= 4 is 46.6 Å². The number of fused-ring (bicyclic) bond motifs is 1. The Morgan fingerprint density at radius 3 is 2.56 bits per heavy atom. The van der Waals surface area contributed by atoms with Crippen molar-refractivity contribution in [1.29, 1.82) is 0 Å². The van der Waals surface area contributed by atoms with Gasteiger partial charge in [-0.2, -0.15) is 9.62 Å². The molecule has 3 rings (SSSR count). The molecule has 0 radical (unpaired) electrons. The molecule has 2 aromatic heterocycles. The van der Waals surface area contributed by atoms with Gasteiger partial charge < -0.3 is 4.90 Å². The zero-order chi connectivity index (χ0) is 17.5. The van der Waals surface area contributed by atoms with Crippen LogP contribution in [0, 0.1) is 0 Å². The van der Waals surface area contributed by atoms with E-state index in [-0.39, 0.29) is 0 Å². The van der Waals surface area contributed by atoms with Crippen LogP contribution in [0.2, 0.25) is 0 Å². The molecule has 0 fully saturated rings. The minimum atomic E-state index is 0.563. The average Bonchev–Trinajstić information content (AvgIpc) is 3.10. The Hall–Kier alpha value is -2.38. The number of hydrogen-bond donors (Lipinski definition) is 1. The van der Waals surface area contributed by atoms with Crippen LogP contribution in [-0.4, -0.2) is 50.9 Å². The number of hydrazone groups is 1. The lowest BCUT2D eigenvalue weighted by molar-refractivity contribution is 0.874. The minimum Gasteiger partial charge on any atom is -0.369 e. The first-order valence-corrected chi connectivity index (χ1v) is 8.80. The summed E-state index contributed by atoms with van der Waals surface area (Å²) >= 11 is 11.7. The highest BCUT2D eigenvalue weighted by Gasteiger charge is 2.04. The minimum absolute atomic E-state index is 0.563. The van der Waals surface area contributed by atoms with Gasteiger partial charge in [-0.1, -0.05) is 12.1 Å². The maximum absolute atomic E-state index is 5.84. The third kappa shape index (κ3) is 4.58. The van der Waals surface area contributed by atoms with Crippen LogP contribution in [0.15, 0.2) is 47.8 Å². The van der Waals surface area contributed by atoms with Crippen molar-refractivity contribution in [3.8, 4) is 0 Å². The van der Waals surface area contributed by atoms with Gasteiger partial charge in [-0.3, -0.25) is 5.43 Å². The van der Waals surface area contributed by atoms with Gasteiger partial charge in [0.25, 0.3) is 0 Å². The summed E-state index contributed by atoms with van der Waals surface area (Å²) in [7, 11) is 0. The summed E-state index contributed by atoms with van der Waals surface area (Å²) in [4.78, 5) is 2.15. The van der Waals surface area contributed by atoms with E-state index in [9.17, 15) is 0 Å². The maximum atomic E-state index is 5.84. The molecule has 1 aromatic carbocycles. The van der Waals surface area contributed by atoms with Crippen LogP contribution in [-0.2, 0) is 0 Å². The Morgan fingerprint density at radius 1 is 1.08 bits per heavy atom. The van der Waals surface area contributed by atoms with Crippen LogP contribution in [0.1, 0.15) is 5.56 Å². The number of anilines is 2. The fraction of sp³-hybridized carbons (Fsp3) is 0.250. The van der Waals surface area contributed by atoms with Crippen molar-refractivity contribution in [2.45, 2.75) is 0 Å². The molecule has 0 aliphatic heterocycles. The first-order valence-electron chi connectivity index (χ1n) is 7.73. The molecule has 1 N–H and O–H groups in total. The molecule has 0 bridgehead atoms. The molecule has 9 heteroatoms. The number of benzene rings is 1. The molecule has 0 aliphatic carbocycles. The first-order chi connectivity index (χ1) is 12.3. The summed E-state index contributed by atoms with van der Waals surface area (Å²) in [5.41, 5.74) is 5.63. The quantitative estimate of drug-likeness (QED) is 0.371. The monoisotopic (exact) mass is 377 g/mol. The first kappa shape index (κ1) is 17.4. The zero-order valence-corrected chi connectivity index (χ0v) is 14.9. The third-order valence-electron chi connectivity index (χ3n) is 3.52. The fourth-order valence-corrected chi connectivity index (χ4v) is 2.71. The summed E-state index contributed by atoms with van der Waals surface area (Å²) in [6.07, 6.45) is 3.27. The van der Waals surface area contributed by atoms with E-state index in [1.54, 1.807) is 16.8 Å². The molecule has 0 atom stereocenters. The van der Waals surface area contributed by atoms with Gasteiger partial charge in [-0.05, 0) is 29.8 Å². The Labute approximate surface area is 155 Å². The molecule has 0 spiro atoms. The highest BCUT2D eigenvalue weighted by molar-refractivity contribution is 6.18. The van der Waals surface area contributed by atoms with E-state index >= 15 is 0 Å². The molecule has 0 aliphatic rings. The van der Waals surface area contributed by atoms with Gasteiger partial charge in [-0.15, -0.1) is 38.5 Å². The fourth-order valence-electron chi connectivity index (χ4n) is 2.31. The second-order valence-corrected chi connectivity index (χ2v) is 5.93. The molecule has 0 unspecified atom stereocenters. The molecular formula is C16H17Cl2N7. The second kappa shape index (κ2) is 8.64. The van der Waals surface area contributed by atoms with Gasteiger partial charge in [0.2, 0.25) is 0 Å². The van der Waals surface area contributed by atoms with Crippen molar-refractivity contribution in [3.63, 3.8) is 0 Å². The van der Waals surface area contributed by atoms with E-state index in [4.69, 9.17) is 23.2 Å². The Balaban J connectivity index is 1.62. The Bertz CT molecular complexity index is 826. The SMILES string of the molecule is ClCCN(CCCl)c1ccc(/C=N\Nc2ccc3nncn3n2)cc1. The number of nitrogens with zero attached hydrogens (tertiary/aromatic N) is 6. The third-order valence-corrected chi connectivity index (χ3v) is 3.86. The Kier molecular flexibility index (Phi) is 6.03. The molecule has 130 valence electrons. The van der Waals surface area contributed by atoms with Gasteiger partial charge in [0.15, 0.2) is 11.5 Å². The van der Waals surface area contributed by atoms with Crippen LogP contribution in [0.3, 0.4) is 0 Å². The standard InChI is InChI=1S/C16H17Cl2N7/c17-7-9-24(10-8-18)14-3-1-13(2-4-14)11-19-21-15-5-6-16-22-20-12-25(16)23-15/h1-6,11-12H,7-10H2,(H,21,23)/b19-11-. The van der Waals surface area contributed by atoms with Crippen LogP contribution in [0.5, 0.6) is 0 Å². The van der Waals surface area contributed by atoms with Crippen LogP contribution >= 0.6 is 23.2 Å². The number of hydrogen-bond acceptors (Lipinski definition) is 6. The van der Waals surface area contributed by atoms with Crippen molar-refractivity contribution in [2.24, 2.45) is 5.10 Å². The Morgan fingerprint density at radius 2 is 1.84 bits per heavy atom. The normalized spacial score (nSPS) is 11.3. The summed E-state index contributed by atoms with van der Waals surface area (Å²) in [5, 5.41) is 16.2. The molecule has 0 saturated carbocycles. The maximum Gasteiger partial charge on any atom is 0.177 e. The zero-order valence-electron chi connectivity index (χ0n) is 13.4. The molecule has 0 amide bonds. The van der Waals surface area contributed by atoms with Gasteiger partial charge in [0, 0.05) is 30.5 Å². The predicted octanol–water partition coefficient (Wildman–Crippen LogP) is 2.85. The lowest BCUT2D eigenvalue weighted by Gasteiger charge is -2.22. The van der Waals surface area contributed by atoms with Gasteiger partial charge in [0.05, 0.1) is 6.21 Å². The number of rotatable bonds is 8. The van der Waals surface area contributed by atoms with Gasteiger partial charge >= 0.3 is 0 Å². The summed E-state index contributed by atoms with van der Waals surface area (Å²) in [6.45, 7) is 1.53. The summed E-state index contributed by atoms with van der Waals surface area (Å²) in [5.74, 6) is 1.73. The molecule has 7 nitrogen and oxygen atoms in total.